The lowest BCUT2D eigenvalue weighted by Gasteiger charge is -2.09. The average Bonchev–Trinajstić information content (AvgIpc) is 2.32. The molecule has 2 aromatic carbocycles. The zero-order valence-corrected chi connectivity index (χ0v) is 9.98. The number of allylic oxidation sites excluding steroid dienone is 1. The Hall–Kier alpha value is -2.02. The van der Waals surface area contributed by atoms with Crippen LogP contribution < -0.4 is 0 Å². The Balaban J connectivity index is 2.46. The fraction of sp³-hybridized carbons (Fsp3) is 0.125. The van der Waals surface area contributed by atoms with Crippen molar-refractivity contribution in [3.05, 3.63) is 66.2 Å². The van der Waals surface area contributed by atoms with E-state index < -0.39 is 0 Å². The summed E-state index contributed by atoms with van der Waals surface area (Å²) >= 11 is 0. The smallest absolute Gasteiger partial charge is 0.126 e. The average molecular weight is 224 g/mol. The quantitative estimate of drug-likeness (QED) is 0.775. The van der Waals surface area contributed by atoms with Crippen LogP contribution in [0.1, 0.15) is 12.5 Å². The monoisotopic (exact) mass is 224 g/mol. The molecule has 0 fully saturated rings. The van der Waals surface area contributed by atoms with Gasteiger partial charge in [-0.15, -0.1) is 0 Å². The van der Waals surface area contributed by atoms with Gasteiger partial charge < -0.3 is 5.11 Å². The normalized spacial score (nSPS) is 10.2. The Bertz CT molecular complexity index is 526. The summed E-state index contributed by atoms with van der Waals surface area (Å²) in [5.74, 6) is 0.363. The van der Waals surface area contributed by atoms with Crippen molar-refractivity contribution in [3.63, 3.8) is 0 Å². The zero-order chi connectivity index (χ0) is 12.3. The molecule has 1 heteroatoms. The van der Waals surface area contributed by atoms with Gasteiger partial charge in [-0.2, -0.15) is 0 Å². The molecular weight excluding hydrogens is 208 g/mol. The van der Waals surface area contributed by atoms with Crippen LogP contribution in [0.15, 0.2) is 60.7 Å². The number of phenolic OH excluding ortho intramolecular Hbond substituents is 1. The molecule has 0 bridgehead atoms. The first-order chi connectivity index (χ1) is 8.18. The summed E-state index contributed by atoms with van der Waals surface area (Å²) < 4.78 is 0. The highest BCUT2D eigenvalue weighted by atomic mass is 16.3. The zero-order valence-electron chi connectivity index (χ0n) is 9.98. The fourth-order valence-electron chi connectivity index (χ4n) is 1.91. The Labute approximate surface area is 102 Å². The minimum absolute atomic E-state index is 0.363. The van der Waals surface area contributed by atoms with E-state index in [-0.39, 0.29) is 0 Å². The molecule has 0 saturated heterocycles. The van der Waals surface area contributed by atoms with Crippen LogP contribution >= 0.6 is 0 Å². The molecule has 1 nitrogen and oxygen atoms in total. The Morgan fingerprint density at radius 3 is 2.41 bits per heavy atom. The predicted molar refractivity (Wildman–Crippen MR) is 72.1 cm³/mol. The third-order valence-corrected chi connectivity index (χ3v) is 2.70. The van der Waals surface area contributed by atoms with Gasteiger partial charge >= 0.3 is 0 Å². The predicted octanol–water partition coefficient (Wildman–Crippen LogP) is 4.18. The lowest BCUT2D eigenvalue weighted by Crippen LogP contribution is -1.89. The first kappa shape index (κ1) is 11.5. The van der Waals surface area contributed by atoms with Crippen LogP contribution in [0.3, 0.4) is 0 Å². The van der Waals surface area contributed by atoms with Gasteiger partial charge in [0.1, 0.15) is 5.75 Å². The van der Waals surface area contributed by atoms with Crippen LogP contribution in [0.2, 0.25) is 0 Å². The fourth-order valence-corrected chi connectivity index (χ4v) is 1.91. The molecule has 1 N–H and O–H groups in total. The Kier molecular flexibility index (Phi) is 3.29. The highest BCUT2D eigenvalue weighted by molar-refractivity contribution is 5.71. The second-order valence-electron chi connectivity index (χ2n) is 4.31. The molecule has 2 rings (SSSR count). The molecule has 0 aliphatic rings. The van der Waals surface area contributed by atoms with E-state index in [0.29, 0.717) is 12.2 Å². The molecule has 0 amide bonds. The van der Waals surface area contributed by atoms with Crippen LogP contribution in [0.5, 0.6) is 5.75 Å². The van der Waals surface area contributed by atoms with Gasteiger partial charge in [0.2, 0.25) is 0 Å². The molecule has 0 unspecified atom stereocenters. The molecular formula is C16H16O. The third kappa shape index (κ3) is 2.56. The minimum atomic E-state index is 0.363. The van der Waals surface area contributed by atoms with Crippen LogP contribution in [0, 0.1) is 0 Å². The maximum Gasteiger partial charge on any atom is 0.126 e. The van der Waals surface area contributed by atoms with E-state index in [9.17, 15) is 5.11 Å². The van der Waals surface area contributed by atoms with E-state index in [1.807, 2.05) is 55.5 Å². The van der Waals surface area contributed by atoms with Crippen molar-refractivity contribution in [2.75, 3.05) is 0 Å². The van der Waals surface area contributed by atoms with Gasteiger partial charge in [0, 0.05) is 5.56 Å². The van der Waals surface area contributed by atoms with Crippen molar-refractivity contribution in [2.45, 2.75) is 13.3 Å². The molecule has 86 valence electrons. The highest BCUT2D eigenvalue weighted by Crippen LogP contribution is 2.32. The summed E-state index contributed by atoms with van der Waals surface area (Å²) in [6.07, 6.45) is 0.715. The first-order valence-corrected chi connectivity index (χ1v) is 5.69. The van der Waals surface area contributed by atoms with Crippen molar-refractivity contribution in [3.8, 4) is 16.9 Å². The Morgan fingerprint density at radius 2 is 1.76 bits per heavy atom. The molecule has 0 radical (unpaired) electrons. The summed E-state index contributed by atoms with van der Waals surface area (Å²) in [5.41, 5.74) is 3.89. The van der Waals surface area contributed by atoms with Crippen molar-refractivity contribution in [2.24, 2.45) is 0 Å². The van der Waals surface area contributed by atoms with E-state index >= 15 is 0 Å². The Morgan fingerprint density at radius 1 is 1.06 bits per heavy atom. The topological polar surface area (TPSA) is 20.2 Å². The van der Waals surface area contributed by atoms with E-state index in [1.54, 1.807) is 0 Å². The molecule has 0 spiro atoms. The minimum Gasteiger partial charge on any atom is -0.507 e. The van der Waals surface area contributed by atoms with Gasteiger partial charge in [-0.05, 0) is 24.5 Å². The molecule has 0 saturated carbocycles. The number of phenols is 1. The van der Waals surface area contributed by atoms with Gasteiger partial charge in [0.05, 0.1) is 0 Å². The SMILES string of the molecule is C=C(C)Cc1cccc(-c2ccccc2)c1O. The van der Waals surface area contributed by atoms with Crippen molar-refractivity contribution >= 4 is 0 Å². The number of para-hydroxylation sites is 1. The second-order valence-corrected chi connectivity index (χ2v) is 4.31. The highest BCUT2D eigenvalue weighted by Gasteiger charge is 2.08. The van der Waals surface area contributed by atoms with Crippen molar-refractivity contribution in [1.82, 2.24) is 0 Å². The number of hydrogen-bond acceptors (Lipinski definition) is 1. The van der Waals surface area contributed by atoms with E-state index in [2.05, 4.69) is 6.58 Å². The van der Waals surface area contributed by atoms with Crippen molar-refractivity contribution < 1.29 is 5.11 Å². The van der Waals surface area contributed by atoms with Crippen LogP contribution in [0.25, 0.3) is 11.1 Å². The largest absolute Gasteiger partial charge is 0.507 e. The second kappa shape index (κ2) is 4.88. The number of benzene rings is 2. The van der Waals surface area contributed by atoms with E-state index in [0.717, 1.165) is 22.3 Å². The van der Waals surface area contributed by atoms with E-state index in [1.165, 1.54) is 0 Å². The van der Waals surface area contributed by atoms with Gasteiger partial charge in [0.15, 0.2) is 0 Å². The molecule has 0 aromatic heterocycles. The van der Waals surface area contributed by atoms with E-state index in [4.69, 9.17) is 0 Å². The molecule has 0 aliphatic heterocycles. The standard InChI is InChI=1S/C16H16O/c1-12(2)11-14-9-6-10-15(16(14)17)13-7-4-3-5-8-13/h3-10,17H,1,11H2,2H3. The summed E-state index contributed by atoms with van der Waals surface area (Å²) in [4.78, 5) is 0. The lowest BCUT2D eigenvalue weighted by molar-refractivity contribution is 0.471. The number of rotatable bonds is 3. The maximum absolute atomic E-state index is 10.3. The molecule has 17 heavy (non-hydrogen) atoms. The first-order valence-electron chi connectivity index (χ1n) is 5.69. The van der Waals surface area contributed by atoms with Crippen LogP contribution in [-0.4, -0.2) is 5.11 Å². The molecule has 0 atom stereocenters. The molecule has 0 heterocycles. The van der Waals surface area contributed by atoms with Crippen LogP contribution in [0.4, 0.5) is 0 Å². The maximum atomic E-state index is 10.3. The van der Waals surface area contributed by atoms with Gasteiger partial charge in [-0.3, -0.25) is 0 Å². The number of hydrogen-bond donors (Lipinski definition) is 1. The van der Waals surface area contributed by atoms with Gasteiger partial charge in [-0.1, -0.05) is 60.7 Å². The summed E-state index contributed by atoms with van der Waals surface area (Å²) in [6.45, 7) is 5.85. The molecule has 2 aromatic rings. The number of aromatic hydroxyl groups is 1. The summed E-state index contributed by atoms with van der Waals surface area (Å²) in [5, 5.41) is 10.3. The van der Waals surface area contributed by atoms with Gasteiger partial charge in [0.25, 0.3) is 0 Å². The van der Waals surface area contributed by atoms with Crippen molar-refractivity contribution in [1.29, 1.82) is 0 Å². The van der Waals surface area contributed by atoms with Crippen LogP contribution in [-0.2, 0) is 6.42 Å². The summed E-state index contributed by atoms with van der Waals surface area (Å²) in [7, 11) is 0. The summed E-state index contributed by atoms with van der Waals surface area (Å²) in [6, 6.07) is 15.8. The third-order valence-electron chi connectivity index (χ3n) is 2.70. The molecule has 0 aliphatic carbocycles. The van der Waals surface area contributed by atoms with Gasteiger partial charge in [-0.25, -0.2) is 0 Å². The lowest BCUT2D eigenvalue weighted by atomic mass is 9.98.